The fourth-order valence-electron chi connectivity index (χ4n) is 2.31. The third-order valence-electron chi connectivity index (χ3n) is 3.69. The van der Waals surface area contributed by atoms with E-state index in [4.69, 9.17) is 4.18 Å². The molecule has 0 amide bonds. The van der Waals surface area contributed by atoms with Gasteiger partial charge in [0.15, 0.2) is 11.4 Å². The fraction of sp³-hybridized carbons (Fsp3) is 0.267. The van der Waals surface area contributed by atoms with Gasteiger partial charge in [-0.25, -0.2) is 0 Å². The summed E-state index contributed by atoms with van der Waals surface area (Å²) < 4.78 is 29.4. The number of aliphatic hydroxyl groups excluding tert-OH is 1. The molecule has 1 aliphatic carbocycles. The summed E-state index contributed by atoms with van der Waals surface area (Å²) in [5.74, 6) is -0.799. The third kappa shape index (κ3) is 3.66. The standard InChI is InChI=1S/C15H15NO8S/c1-2-9-15(19)13(17)8-7-12(14(15)18)24-25(22,23)11-5-3-10(4-6-11)16(20)21/h2-8,12,14,18-19H,1,9H2/t12-,14-,15+/m1/s1. The molecule has 9 nitrogen and oxygen atoms in total. The SMILES string of the molecule is C=CC[C@]1(O)C(=O)C=C[C@@H](OS(=O)(=O)c2ccc([N+](=O)[O-])cc2)[C@H]1O. The lowest BCUT2D eigenvalue weighted by Gasteiger charge is -2.36. The summed E-state index contributed by atoms with van der Waals surface area (Å²) in [6.45, 7) is 3.38. The van der Waals surface area contributed by atoms with E-state index in [-0.39, 0.29) is 17.0 Å². The van der Waals surface area contributed by atoms with Crippen molar-refractivity contribution in [2.75, 3.05) is 0 Å². The molecule has 10 heteroatoms. The molecule has 0 radical (unpaired) electrons. The lowest BCUT2D eigenvalue weighted by molar-refractivity contribution is -0.384. The average Bonchev–Trinajstić information content (AvgIpc) is 2.56. The van der Waals surface area contributed by atoms with E-state index in [1.54, 1.807) is 0 Å². The van der Waals surface area contributed by atoms with Gasteiger partial charge in [-0.2, -0.15) is 8.42 Å². The highest BCUT2D eigenvalue weighted by atomic mass is 32.2. The maximum atomic E-state index is 12.3. The van der Waals surface area contributed by atoms with E-state index in [0.717, 1.165) is 36.4 Å². The molecule has 0 saturated carbocycles. The number of nitrogens with zero attached hydrogens (tertiary/aromatic N) is 1. The molecule has 0 spiro atoms. The number of nitro benzene ring substituents is 1. The lowest BCUT2D eigenvalue weighted by Crippen LogP contribution is -2.56. The van der Waals surface area contributed by atoms with Crippen LogP contribution in [0.2, 0.25) is 0 Å². The second-order valence-electron chi connectivity index (χ2n) is 5.35. The zero-order valence-electron chi connectivity index (χ0n) is 12.8. The summed E-state index contributed by atoms with van der Waals surface area (Å²) in [6, 6.07) is 3.93. The number of hydrogen-bond donors (Lipinski definition) is 2. The molecule has 2 rings (SSSR count). The Morgan fingerprint density at radius 3 is 2.48 bits per heavy atom. The largest absolute Gasteiger partial charge is 0.386 e. The first-order chi connectivity index (χ1) is 11.6. The van der Waals surface area contributed by atoms with Gasteiger partial charge in [-0.15, -0.1) is 6.58 Å². The fourth-order valence-corrected chi connectivity index (χ4v) is 3.35. The van der Waals surface area contributed by atoms with E-state index in [1.807, 2.05) is 0 Å². The van der Waals surface area contributed by atoms with E-state index >= 15 is 0 Å². The van der Waals surface area contributed by atoms with Crippen LogP contribution < -0.4 is 0 Å². The first-order valence-electron chi connectivity index (χ1n) is 7.03. The highest BCUT2D eigenvalue weighted by molar-refractivity contribution is 7.86. The minimum atomic E-state index is -4.40. The highest BCUT2D eigenvalue weighted by Gasteiger charge is 2.48. The monoisotopic (exact) mass is 369 g/mol. The average molecular weight is 369 g/mol. The predicted molar refractivity (Wildman–Crippen MR) is 85.1 cm³/mol. The molecule has 0 unspecified atom stereocenters. The molecular formula is C15H15NO8S. The van der Waals surface area contributed by atoms with Crippen molar-refractivity contribution in [2.24, 2.45) is 0 Å². The Balaban J connectivity index is 2.28. The molecule has 0 aliphatic heterocycles. The Bertz CT molecular complexity index is 830. The lowest BCUT2D eigenvalue weighted by atomic mass is 9.81. The van der Waals surface area contributed by atoms with Crippen molar-refractivity contribution in [1.82, 2.24) is 0 Å². The van der Waals surface area contributed by atoms with E-state index in [0.29, 0.717) is 0 Å². The van der Waals surface area contributed by atoms with Crippen LogP contribution in [-0.4, -0.2) is 47.1 Å². The van der Waals surface area contributed by atoms with Crippen molar-refractivity contribution < 1.29 is 32.5 Å². The number of hydrogen-bond acceptors (Lipinski definition) is 8. The number of rotatable bonds is 6. The van der Waals surface area contributed by atoms with Crippen LogP contribution in [0.5, 0.6) is 0 Å². The summed E-state index contributed by atoms with van der Waals surface area (Å²) in [5.41, 5.74) is -2.55. The maximum Gasteiger partial charge on any atom is 0.297 e. The van der Waals surface area contributed by atoms with Gasteiger partial charge in [0.1, 0.15) is 12.2 Å². The summed E-state index contributed by atoms with van der Waals surface area (Å²) in [6.07, 6.45) is -0.491. The van der Waals surface area contributed by atoms with Gasteiger partial charge in [0.05, 0.1) is 9.82 Å². The van der Waals surface area contributed by atoms with Gasteiger partial charge in [0.2, 0.25) is 0 Å². The molecule has 3 atom stereocenters. The molecule has 134 valence electrons. The van der Waals surface area contributed by atoms with E-state index in [9.17, 15) is 33.5 Å². The molecule has 2 N–H and O–H groups in total. The third-order valence-corrected chi connectivity index (χ3v) is 5.02. The quantitative estimate of drug-likeness (QED) is 0.319. The summed E-state index contributed by atoms with van der Waals surface area (Å²) in [7, 11) is -4.40. The molecule has 0 saturated heterocycles. The van der Waals surface area contributed by atoms with Gasteiger partial charge in [-0.05, 0) is 24.3 Å². The van der Waals surface area contributed by atoms with Crippen LogP contribution in [0.1, 0.15) is 6.42 Å². The van der Waals surface area contributed by atoms with Crippen LogP contribution in [0, 0.1) is 10.1 Å². The number of carbonyl (C=O) groups is 1. The normalized spacial score (nSPS) is 26.4. The van der Waals surface area contributed by atoms with Crippen LogP contribution in [0.4, 0.5) is 5.69 Å². The minimum Gasteiger partial charge on any atom is -0.386 e. The number of nitro groups is 1. The van der Waals surface area contributed by atoms with E-state index < -0.39 is 38.6 Å². The molecule has 25 heavy (non-hydrogen) atoms. The zero-order valence-corrected chi connectivity index (χ0v) is 13.6. The van der Waals surface area contributed by atoms with Gasteiger partial charge < -0.3 is 10.2 Å². The molecular weight excluding hydrogens is 354 g/mol. The molecule has 0 bridgehead atoms. The van der Waals surface area contributed by atoms with Crippen LogP contribution in [0.25, 0.3) is 0 Å². The topological polar surface area (TPSA) is 144 Å². The molecule has 1 aromatic rings. The minimum absolute atomic E-state index is 0.297. The number of carbonyl (C=O) groups excluding carboxylic acids is 1. The van der Waals surface area contributed by atoms with E-state index in [2.05, 4.69) is 6.58 Å². The summed E-state index contributed by atoms with van der Waals surface area (Å²) in [5, 5.41) is 31.0. The zero-order chi connectivity index (χ0) is 18.8. The van der Waals surface area contributed by atoms with Crippen molar-refractivity contribution in [3.63, 3.8) is 0 Å². The van der Waals surface area contributed by atoms with Crippen molar-refractivity contribution in [3.05, 3.63) is 59.2 Å². The van der Waals surface area contributed by atoms with Gasteiger partial charge in [0.25, 0.3) is 15.8 Å². The van der Waals surface area contributed by atoms with Gasteiger partial charge >= 0.3 is 0 Å². The van der Waals surface area contributed by atoms with Crippen molar-refractivity contribution in [3.8, 4) is 0 Å². The summed E-state index contributed by atoms with van der Waals surface area (Å²) in [4.78, 5) is 21.3. The Labute approximate surface area is 143 Å². The second-order valence-corrected chi connectivity index (χ2v) is 6.92. The summed E-state index contributed by atoms with van der Waals surface area (Å²) >= 11 is 0. The predicted octanol–water partition coefficient (Wildman–Crippen LogP) is 0.476. The van der Waals surface area contributed by atoms with Gasteiger partial charge in [-0.1, -0.05) is 6.08 Å². The second kappa shape index (κ2) is 6.84. The van der Waals surface area contributed by atoms with Gasteiger partial charge in [0, 0.05) is 18.6 Å². The van der Waals surface area contributed by atoms with Crippen molar-refractivity contribution >= 4 is 21.6 Å². The molecule has 1 aromatic carbocycles. The molecule has 1 aliphatic rings. The van der Waals surface area contributed by atoms with Crippen LogP contribution in [0.3, 0.4) is 0 Å². The maximum absolute atomic E-state index is 12.3. The Morgan fingerprint density at radius 1 is 1.36 bits per heavy atom. The number of benzene rings is 1. The Kier molecular flexibility index (Phi) is 5.18. The molecule has 0 heterocycles. The number of aliphatic hydroxyl groups is 2. The number of non-ortho nitro benzene ring substituents is 1. The number of ketones is 1. The Morgan fingerprint density at radius 2 is 1.96 bits per heavy atom. The highest BCUT2D eigenvalue weighted by Crippen LogP contribution is 2.29. The van der Waals surface area contributed by atoms with E-state index in [1.165, 1.54) is 6.08 Å². The smallest absolute Gasteiger partial charge is 0.297 e. The first-order valence-corrected chi connectivity index (χ1v) is 8.44. The molecule has 0 fully saturated rings. The van der Waals surface area contributed by atoms with Gasteiger partial charge in [-0.3, -0.25) is 19.1 Å². The van der Waals surface area contributed by atoms with Crippen LogP contribution in [-0.2, 0) is 19.1 Å². The first kappa shape index (κ1) is 18.9. The van der Waals surface area contributed by atoms with Crippen LogP contribution in [0.15, 0.2) is 54.0 Å². The molecule has 0 aromatic heterocycles. The Hall–Kier alpha value is -2.40. The van der Waals surface area contributed by atoms with Crippen LogP contribution >= 0.6 is 0 Å². The van der Waals surface area contributed by atoms with Crippen molar-refractivity contribution in [2.45, 2.75) is 29.1 Å². The van der Waals surface area contributed by atoms with Crippen molar-refractivity contribution in [1.29, 1.82) is 0 Å².